The van der Waals surface area contributed by atoms with E-state index in [1.807, 2.05) is 0 Å². The number of benzene rings is 1. The van der Waals surface area contributed by atoms with Gasteiger partial charge in [-0.15, -0.1) is 0 Å². The van der Waals surface area contributed by atoms with Crippen molar-refractivity contribution in [1.29, 1.82) is 0 Å². The monoisotopic (exact) mass is 296 g/mol. The average Bonchev–Trinajstić information content (AvgIpc) is 2.46. The summed E-state index contributed by atoms with van der Waals surface area (Å²) in [5, 5.41) is 8.64. The highest BCUT2D eigenvalue weighted by Crippen LogP contribution is 2.16. The van der Waals surface area contributed by atoms with Crippen molar-refractivity contribution in [2.75, 3.05) is 19.5 Å². The van der Waals surface area contributed by atoms with Gasteiger partial charge in [0.15, 0.2) is 0 Å². The third kappa shape index (κ3) is 6.09. The normalized spacial score (nSPS) is 9.75. The van der Waals surface area contributed by atoms with Crippen LogP contribution >= 0.6 is 11.8 Å². The summed E-state index contributed by atoms with van der Waals surface area (Å²) in [5.41, 5.74) is 1.29. The highest BCUT2D eigenvalue weighted by Gasteiger charge is 2.03. The predicted octanol–water partition coefficient (Wildman–Crippen LogP) is 2.36. The van der Waals surface area contributed by atoms with Gasteiger partial charge in [0.2, 0.25) is 0 Å². The Hall–Kier alpha value is -1.51. The van der Waals surface area contributed by atoms with Crippen molar-refractivity contribution >= 4 is 17.7 Å². The number of esters is 1. The van der Waals surface area contributed by atoms with E-state index >= 15 is 0 Å². The number of aliphatic hydroxyl groups is 1. The van der Waals surface area contributed by atoms with Crippen LogP contribution in [-0.4, -0.2) is 30.5 Å². The molecule has 0 saturated heterocycles. The molecule has 0 aromatic heterocycles. The van der Waals surface area contributed by atoms with E-state index in [0.29, 0.717) is 29.9 Å². The van der Waals surface area contributed by atoms with Crippen molar-refractivity contribution < 1.29 is 19.0 Å². The SMILES string of the molecule is COC(=O)CCSCc1ccc(F)c(C#CCCO)c1. The van der Waals surface area contributed by atoms with Gasteiger partial charge in [-0.25, -0.2) is 4.39 Å². The number of hydrogen-bond donors (Lipinski definition) is 1. The Morgan fingerprint density at radius 1 is 1.50 bits per heavy atom. The number of rotatable bonds is 6. The first-order valence-corrected chi connectivity index (χ1v) is 7.35. The Bertz CT molecular complexity index is 506. The van der Waals surface area contributed by atoms with Gasteiger partial charge in [0.05, 0.1) is 25.7 Å². The number of carbonyl (C=O) groups is 1. The minimum Gasteiger partial charge on any atom is -0.469 e. The summed E-state index contributed by atoms with van der Waals surface area (Å²) < 4.78 is 18.1. The van der Waals surface area contributed by atoms with E-state index in [1.165, 1.54) is 13.2 Å². The molecular weight excluding hydrogens is 279 g/mol. The first kappa shape index (κ1) is 16.5. The summed E-state index contributed by atoms with van der Waals surface area (Å²) in [6.07, 6.45) is 0.697. The highest BCUT2D eigenvalue weighted by molar-refractivity contribution is 7.98. The third-order valence-corrected chi connectivity index (χ3v) is 3.47. The van der Waals surface area contributed by atoms with E-state index < -0.39 is 0 Å². The van der Waals surface area contributed by atoms with Gasteiger partial charge in [-0.1, -0.05) is 17.9 Å². The van der Waals surface area contributed by atoms with E-state index in [2.05, 4.69) is 16.6 Å². The molecule has 0 amide bonds. The molecule has 20 heavy (non-hydrogen) atoms. The Morgan fingerprint density at radius 3 is 3.00 bits per heavy atom. The molecule has 0 bridgehead atoms. The summed E-state index contributed by atoms with van der Waals surface area (Å²) in [4.78, 5) is 10.9. The van der Waals surface area contributed by atoms with Gasteiger partial charge < -0.3 is 9.84 Å². The molecule has 0 radical (unpaired) electrons. The van der Waals surface area contributed by atoms with Crippen molar-refractivity contribution in [2.24, 2.45) is 0 Å². The number of thioether (sulfide) groups is 1. The lowest BCUT2D eigenvalue weighted by Crippen LogP contribution is -2.01. The summed E-state index contributed by atoms with van der Waals surface area (Å²) in [6.45, 7) is -0.0301. The van der Waals surface area contributed by atoms with Crippen LogP contribution in [0.25, 0.3) is 0 Å². The fourth-order valence-corrected chi connectivity index (χ4v) is 2.29. The van der Waals surface area contributed by atoms with E-state index in [1.54, 1.807) is 23.9 Å². The second-order valence-electron chi connectivity index (χ2n) is 3.97. The summed E-state index contributed by atoms with van der Waals surface area (Å²) in [6, 6.07) is 4.79. The molecule has 0 unspecified atom stereocenters. The van der Waals surface area contributed by atoms with Gasteiger partial charge in [0, 0.05) is 17.9 Å². The van der Waals surface area contributed by atoms with Gasteiger partial charge >= 0.3 is 5.97 Å². The van der Waals surface area contributed by atoms with Crippen LogP contribution in [0.1, 0.15) is 24.0 Å². The Kier molecular flexibility index (Phi) is 7.78. The minimum atomic E-state index is -0.362. The molecule has 0 heterocycles. The first-order chi connectivity index (χ1) is 9.67. The van der Waals surface area contributed by atoms with Crippen LogP contribution < -0.4 is 0 Å². The minimum absolute atomic E-state index is 0.0301. The van der Waals surface area contributed by atoms with Crippen LogP contribution in [0, 0.1) is 17.7 Å². The lowest BCUT2D eigenvalue weighted by Gasteiger charge is -2.03. The number of ether oxygens (including phenoxy) is 1. The molecular formula is C15H17FO3S. The van der Waals surface area contributed by atoms with Crippen LogP contribution in [-0.2, 0) is 15.3 Å². The quantitative estimate of drug-likeness (QED) is 0.497. The number of halogens is 1. The fraction of sp³-hybridized carbons (Fsp3) is 0.400. The van der Waals surface area contributed by atoms with Crippen LogP contribution in [0.2, 0.25) is 0 Å². The number of aliphatic hydroxyl groups excluding tert-OH is 1. The molecule has 3 nitrogen and oxygen atoms in total. The molecule has 0 aliphatic rings. The second kappa shape index (κ2) is 9.40. The molecule has 0 fully saturated rings. The molecule has 108 valence electrons. The van der Waals surface area contributed by atoms with Crippen LogP contribution in [0.3, 0.4) is 0 Å². The molecule has 0 atom stereocenters. The number of methoxy groups -OCH3 is 1. The largest absolute Gasteiger partial charge is 0.469 e. The first-order valence-electron chi connectivity index (χ1n) is 6.20. The number of hydrogen-bond acceptors (Lipinski definition) is 4. The third-order valence-electron chi connectivity index (χ3n) is 2.44. The predicted molar refractivity (Wildman–Crippen MR) is 77.8 cm³/mol. The lowest BCUT2D eigenvalue weighted by molar-refractivity contribution is -0.140. The van der Waals surface area contributed by atoms with Gasteiger partial charge in [0.1, 0.15) is 5.82 Å². The van der Waals surface area contributed by atoms with Gasteiger partial charge in [-0.2, -0.15) is 11.8 Å². The van der Waals surface area contributed by atoms with Crippen molar-refractivity contribution in [2.45, 2.75) is 18.6 Å². The Labute approximate surface area is 122 Å². The zero-order valence-corrected chi connectivity index (χ0v) is 12.1. The molecule has 0 saturated carbocycles. The van der Waals surface area contributed by atoms with Crippen molar-refractivity contribution in [3.8, 4) is 11.8 Å². The van der Waals surface area contributed by atoms with Crippen molar-refractivity contribution in [3.05, 3.63) is 35.1 Å². The zero-order valence-electron chi connectivity index (χ0n) is 11.3. The van der Waals surface area contributed by atoms with Gasteiger partial charge in [-0.05, 0) is 17.7 Å². The maximum absolute atomic E-state index is 13.5. The Morgan fingerprint density at radius 2 is 2.30 bits per heavy atom. The van der Waals surface area contributed by atoms with Crippen molar-refractivity contribution in [3.63, 3.8) is 0 Å². The molecule has 1 aromatic carbocycles. The van der Waals surface area contributed by atoms with Gasteiger partial charge in [-0.3, -0.25) is 4.79 Å². The molecule has 0 spiro atoms. The molecule has 5 heteroatoms. The second-order valence-corrected chi connectivity index (χ2v) is 5.07. The lowest BCUT2D eigenvalue weighted by atomic mass is 10.1. The highest BCUT2D eigenvalue weighted by atomic mass is 32.2. The van der Waals surface area contributed by atoms with Crippen LogP contribution in [0.4, 0.5) is 4.39 Å². The molecule has 1 rings (SSSR count). The van der Waals surface area contributed by atoms with E-state index in [-0.39, 0.29) is 18.4 Å². The topological polar surface area (TPSA) is 46.5 Å². The van der Waals surface area contributed by atoms with Crippen LogP contribution in [0.15, 0.2) is 18.2 Å². The van der Waals surface area contributed by atoms with Crippen LogP contribution in [0.5, 0.6) is 0 Å². The standard InChI is InChI=1S/C15H17FO3S/c1-19-15(18)7-9-20-11-12-5-6-14(16)13(10-12)4-2-3-8-17/h5-6,10,17H,3,7-9,11H2,1H3. The van der Waals surface area contributed by atoms with E-state index in [9.17, 15) is 9.18 Å². The number of carbonyl (C=O) groups excluding carboxylic acids is 1. The molecule has 0 aliphatic heterocycles. The van der Waals surface area contributed by atoms with E-state index in [4.69, 9.17) is 5.11 Å². The Balaban J connectivity index is 2.53. The summed E-state index contributed by atoms with van der Waals surface area (Å²) >= 11 is 1.58. The fourth-order valence-electron chi connectivity index (χ4n) is 1.42. The van der Waals surface area contributed by atoms with Crippen molar-refractivity contribution in [1.82, 2.24) is 0 Å². The average molecular weight is 296 g/mol. The molecule has 1 N–H and O–H groups in total. The maximum atomic E-state index is 13.5. The summed E-state index contributed by atoms with van der Waals surface area (Å²) in [7, 11) is 1.37. The van der Waals surface area contributed by atoms with E-state index in [0.717, 1.165) is 5.56 Å². The maximum Gasteiger partial charge on any atom is 0.306 e. The summed E-state index contributed by atoms with van der Waals surface area (Å²) in [5.74, 6) is 6.16. The molecule has 0 aliphatic carbocycles. The molecule has 1 aromatic rings. The smallest absolute Gasteiger partial charge is 0.306 e. The zero-order chi connectivity index (χ0) is 14.8. The van der Waals surface area contributed by atoms with Gasteiger partial charge in [0.25, 0.3) is 0 Å².